The van der Waals surface area contributed by atoms with Gasteiger partial charge < -0.3 is 9.47 Å². The van der Waals surface area contributed by atoms with Gasteiger partial charge in [0.2, 0.25) is 0 Å². The third kappa shape index (κ3) is 3.93. The minimum absolute atomic E-state index is 0.989. The molecule has 204 valence electrons. The van der Waals surface area contributed by atoms with E-state index in [2.05, 4.69) is 9.47 Å². The van der Waals surface area contributed by atoms with Crippen molar-refractivity contribution >= 4 is 0 Å². The van der Waals surface area contributed by atoms with Crippen molar-refractivity contribution in [2.45, 2.75) is 72.9 Å². The van der Waals surface area contributed by atoms with Gasteiger partial charge in [0.25, 0.3) is 0 Å². The molecule has 0 bridgehead atoms. The first-order chi connectivity index (χ1) is 14.5. The van der Waals surface area contributed by atoms with Crippen LogP contribution in [0.5, 0.6) is 0 Å². The lowest BCUT2D eigenvalue weighted by Gasteiger charge is -2.43. The molecule has 0 aromatic rings. The molecular weight excluding hydrogens is 549 g/mol. The topological polar surface area (TPSA) is 21.8 Å². The molecule has 1 rings (SSSR count). The second-order valence-corrected chi connectivity index (χ2v) is 6.74. The summed E-state index contributed by atoms with van der Waals surface area (Å²) in [5, 5.41) is 0. The average molecular weight is 556 g/mol. The van der Waals surface area contributed by atoms with E-state index in [1.807, 2.05) is 0 Å². The lowest BCUT2D eigenvalue weighted by Crippen LogP contribution is -2.76. The quantitative estimate of drug-likeness (QED) is 0.230. The van der Waals surface area contributed by atoms with Crippen LogP contribution in [0.2, 0.25) is 0 Å². The zero-order valence-corrected chi connectivity index (χ0v) is 15.4. The molecule has 2 unspecified atom stereocenters. The molecule has 2 atom stereocenters. The van der Waals surface area contributed by atoms with Gasteiger partial charge in [-0.1, -0.05) is 0 Å². The highest BCUT2D eigenvalue weighted by Crippen LogP contribution is 2.65. The van der Waals surface area contributed by atoms with Crippen LogP contribution in [0.15, 0.2) is 0 Å². The number of hydrogen-bond acceptors (Lipinski definition) is 2. The Morgan fingerprint density at radius 1 is 0.500 bits per heavy atom. The first-order valence-corrected chi connectivity index (χ1v) is 7.85. The van der Waals surface area contributed by atoms with Crippen molar-refractivity contribution in [3.63, 3.8) is 0 Å². The normalized spacial score (nSPS) is 22.2. The van der Waals surface area contributed by atoms with E-state index in [1.165, 1.54) is 0 Å². The van der Waals surface area contributed by atoms with Crippen molar-refractivity contribution in [1.82, 2.24) is 0 Å². The molecule has 0 N–H and O–H groups in total. The van der Waals surface area contributed by atoms with Gasteiger partial charge in [-0.3, -0.25) is 0 Å². The molecule has 1 heterocycles. The summed E-state index contributed by atoms with van der Waals surface area (Å²) in [6.45, 7) is -2.05. The van der Waals surface area contributed by atoms with Gasteiger partial charge in [-0.05, 0) is 6.92 Å². The van der Waals surface area contributed by atoms with Crippen molar-refractivity contribution in [3.8, 4) is 0 Å². The van der Waals surface area contributed by atoms with E-state index in [4.69, 9.17) is 0 Å². The molecule has 21 heteroatoms. The minimum Gasteiger partial charge on any atom is -0.343 e. The van der Waals surface area contributed by atoms with Gasteiger partial charge in [0.1, 0.15) is 12.7 Å². The maximum absolute atomic E-state index is 13.5. The Morgan fingerprint density at radius 3 is 1.03 bits per heavy atom. The zero-order valence-electron chi connectivity index (χ0n) is 15.4. The Morgan fingerprint density at radius 2 is 0.765 bits per heavy atom. The Bertz CT molecular complexity index is 754. The van der Waals surface area contributed by atoms with Crippen LogP contribution in [0.1, 0.15) is 6.92 Å². The maximum Gasteiger partial charge on any atom is 0.460 e. The van der Waals surface area contributed by atoms with Crippen molar-refractivity contribution in [3.05, 3.63) is 0 Å². The average Bonchev–Trinajstić information content (AvgIpc) is 3.33. The molecule has 1 fully saturated rings. The summed E-state index contributed by atoms with van der Waals surface area (Å²) in [5.74, 6) is -66.7. The molecule has 0 aromatic carbocycles. The van der Waals surface area contributed by atoms with Crippen LogP contribution in [-0.4, -0.2) is 72.6 Å². The first kappa shape index (κ1) is 30.6. The van der Waals surface area contributed by atoms with Gasteiger partial charge >= 0.3 is 53.6 Å². The van der Waals surface area contributed by atoms with Crippen LogP contribution >= 0.6 is 0 Å². The van der Waals surface area contributed by atoms with Crippen LogP contribution in [0, 0.1) is 0 Å². The highest BCUT2D eigenvalue weighted by atomic mass is 19.4. The lowest BCUT2D eigenvalue weighted by atomic mass is 9.87. The molecule has 1 aliphatic heterocycles. The van der Waals surface area contributed by atoms with Crippen molar-refractivity contribution in [1.29, 1.82) is 0 Å². The van der Waals surface area contributed by atoms with Gasteiger partial charge in [0.15, 0.2) is 6.29 Å². The monoisotopic (exact) mass is 556 g/mol. The standard InChI is InChI=1S/C13H7F19O2/c1-3-4(34-3)33-2-5(14,15)6(16,17)7(18,19)8(20,21)9(22,23)10(24,25)11(26,27)12(28,29)13(30,31)32/h3-4H,2H2,1H3. The second-order valence-electron chi connectivity index (χ2n) is 6.74. The third-order valence-electron chi connectivity index (χ3n) is 4.27. The fourth-order valence-electron chi connectivity index (χ4n) is 2.01. The van der Waals surface area contributed by atoms with Gasteiger partial charge in [0.05, 0.1) is 0 Å². The summed E-state index contributed by atoms with van der Waals surface area (Å²) in [7, 11) is 0. The van der Waals surface area contributed by atoms with E-state index < -0.39 is 72.6 Å². The van der Waals surface area contributed by atoms with E-state index in [1.54, 1.807) is 0 Å². The molecule has 2 nitrogen and oxygen atoms in total. The Hall–Kier alpha value is -1.41. The zero-order chi connectivity index (χ0) is 27.8. The fourth-order valence-corrected chi connectivity index (χ4v) is 2.01. The summed E-state index contributed by atoms with van der Waals surface area (Å²) in [6, 6.07) is 0. The van der Waals surface area contributed by atoms with Crippen LogP contribution in [0.4, 0.5) is 83.4 Å². The Kier molecular flexibility index (Phi) is 7.02. The molecule has 1 saturated heterocycles. The Labute approximate surface area is 173 Å². The third-order valence-corrected chi connectivity index (χ3v) is 4.27. The van der Waals surface area contributed by atoms with E-state index in [0.717, 1.165) is 6.92 Å². The number of halogens is 19. The van der Waals surface area contributed by atoms with Gasteiger partial charge in [-0.25, -0.2) is 0 Å². The predicted octanol–water partition coefficient (Wildman–Crippen LogP) is 6.39. The van der Waals surface area contributed by atoms with Gasteiger partial charge in [0, 0.05) is 0 Å². The molecule has 0 aliphatic carbocycles. The summed E-state index contributed by atoms with van der Waals surface area (Å²) >= 11 is 0. The highest BCUT2D eigenvalue weighted by molar-refractivity contribution is 5.16. The van der Waals surface area contributed by atoms with E-state index >= 15 is 0 Å². The molecule has 0 spiro atoms. The minimum atomic E-state index is -8.92. The van der Waals surface area contributed by atoms with Crippen LogP contribution < -0.4 is 0 Å². The van der Waals surface area contributed by atoms with Gasteiger partial charge in [-0.15, -0.1) is 0 Å². The number of alkyl halides is 19. The van der Waals surface area contributed by atoms with E-state index in [0.29, 0.717) is 0 Å². The van der Waals surface area contributed by atoms with Crippen LogP contribution in [-0.2, 0) is 9.47 Å². The molecule has 0 saturated carbocycles. The molecule has 0 amide bonds. The van der Waals surface area contributed by atoms with Gasteiger partial charge in [-0.2, -0.15) is 83.4 Å². The fraction of sp³-hybridized carbons (Fsp3) is 1.00. The summed E-state index contributed by atoms with van der Waals surface area (Å²) in [5.41, 5.74) is 0. The molecule has 0 radical (unpaired) electrons. The molecule has 0 aromatic heterocycles. The van der Waals surface area contributed by atoms with Crippen molar-refractivity contribution in [2.24, 2.45) is 0 Å². The predicted molar refractivity (Wildman–Crippen MR) is 65.9 cm³/mol. The van der Waals surface area contributed by atoms with E-state index in [9.17, 15) is 83.4 Å². The number of ether oxygens (including phenoxy) is 2. The second kappa shape index (κ2) is 7.79. The Balaban J connectivity index is 3.52. The molecule has 34 heavy (non-hydrogen) atoms. The van der Waals surface area contributed by atoms with Crippen molar-refractivity contribution in [2.75, 3.05) is 6.61 Å². The summed E-state index contributed by atoms with van der Waals surface area (Å²) in [6.07, 6.45) is -10.9. The van der Waals surface area contributed by atoms with Crippen LogP contribution in [0.25, 0.3) is 0 Å². The number of rotatable bonds is 10. The maximum atomic E-state index is 13.5. The van der Waals surface area contributed by atoms with E-state index in [-0.39, 0.29) is 0 Å². The number of epoxide rings is 1. The molecular formula is C13H7F19O2. The number of hydrogen-bond donors (Lipinski definition) is 0. The lowest BCUT2D eigenvalue weighted by molar-refractivity contribution is -0.469. The largest absolute Gasteiger partial charge is 0.460 e. The summed E-state index contributed by atoms with van der Waals surface area (Å²) in [4.78, 5) is 0. The summed E-state index contributed by atoms with van der Waals surface area (Å²) < 4.78 is 256. The first-order valence-electron chi connectivity index (χ1n) is 7.85. The highest BCUT2D eigenvalue weighted by Gasteiger charge is 2.96. The smallest absolute Gasteiger partial charge is 0.343 e. The molecule has 1 aliphatic rings. The SMILES string of the molecule is CC1OC1OCC(F)(F)C(F)(F)C(F)(F)C(F)(F)C(F)(F)C(F)(F)C(F)(F)C(F)(F)C(F)(F)F. The van der Waals surface area contributed by atoms with Crippen LogP contribution in [0.3, 0.4) is 0 Å². The van der Waals surface area contributed by atoms with Crippen molar-refractivity contribution < 1.29 is 92.9 Å².